The van der Waals surface area contributed by atoms with E-state index in [4.69, 9.17) is 4.74 Å². The summed E-state index contributed by atoms with van der Waals surface area (Å²) >= 11 is 0. The first-order valence-corrected chi connectivity index (χ1v) is 7.03. The Morgan fingerprint density at radius 3 is 3.00 bits per heavy atom. The fourth-order valence-corrected chi connectivity index (χ4v) is 2.60. The Bertz CT molecular complexity index is 601. The molecular formula is C16H18N2O2. The number of carbonyl (C=O) groups excluding carboxylic acids is 1. The van der Waals surface area contributed by atoms with Crippen molar-refractivity contribution < 1.29 is 9.53 Å². The van der Waals surface area contributed by atoms with Crippen LogP contribution < -0.4 is 5.32 Å². The van der Waals surface area contributed by atoms with Crippen LogP contribution in [0.5, 0.6) is 0 Å². The summed E-state index contributed by atoms with van der Waals surface area (Å²) < 4.78 is 5.74. The highest BCUT2D eigenvalue weighted by atomic mass is 16.5. The number of ketones is 1. The molecule has 4 nitrogen and oxygen atoms in total. The summed E-state index contributed by atoms with van der Waals surface area (Å²) in [7, 11) is 0. The zero-order chi connectivity index (χ0) is 13.8. The molecule has 0 atom stereocenters. The maximum absolute atomic E-state index is 12.3. The van der Waals surface area contributed by atoms with Crippen molar-refractivity contribution in [1.29, 1.82) is 0 Å². The molecule has 0 aliphatic carbocycles. The van der Waals surface area contributed by atoms with Gasteiger partial charge in [-0.25, -0.2) is 0 Å². The first-order valence-electron chi connectivity index (χ1n) is 7.03. The molecule has 4 heteroatoms. The second-order valence-electron chi connectivity index (χ2n) is 5.09. The minimum Gasteiger partial charge on any atom is -0.370 e. The summed E-state index contributed by atoms with van der Waals surface area (Å²) in [6.07, 6.45) is 5.66. The molecule has 0 bridgehead atoms. The molecule has 104 valence electrons. The SMILES string of the molecule is O=C(COC1CCNCC1)c1cccc2cnccc12. The first-order chi connectivity index (χ1) is 9.84. The largest absolute Gasteiger partial charge is 0.370 e. The Labute approximate surface area is 118 Å². The van der Waals surface area contributed by atoms with Gasteiger partial charge in [0, 0.05) is 23.3 Å². The molecule has 1 fully saturated rings. The van der Waals surface area contributed by atoms with Gasteiger partial charge in [0.25, 0.3) is 0 Å². The molecule has 3 rings (SSSR count). The predicted octanol–water partition coefficient (Wildman–Crippen LogP) is 2.19. The third-order valence-corrected chi connectivity index (χ3v) is 3.72. The molecule has 20 heavy (non-hydrogen) atoms. The van der Waals surface area contributed by atoms with Crippen LogP contribution in [0.25, 0.3) is 10.8 Å². The molecular weight excluding hydrogens is 252 g/mol. The lowest BCUT2D eigenvalue weighted by atomic mass is 10.0. The number of hydrogen-bond donors (Lipinski definition) is 1. The number of pyridine rings is 1. The van der Waals surface area contributed by atoms with E-state index < -0.39 is 0 Å². The average molecular weight is 270 g/mol. The Balaban J connectivity index is 1.72. The maximum Gasteiger partial charge on any atom is 0.189 e. The Morgan fingerprint density at radius 1 is 1.30 bits per heavy atom. The molecule has 0 radical (unpaired) electrons. The minimum absolute atomic E-state index is 0.0420. The summed E-state index contributed by atoms with van der Waals surface area (Å²) in [5.74, 6) is 0.0420. The minimum atomic E-state index is 0.0420. The van der Waals surface area contributed by atoms with Gasteiger partial charge in [0.15, 0.2) is 5.78 Å². The van der Waals surface area contributed by atoms with E-state index in [2.05, 4.69) is 10.3 Å². The number of aromatic nitrogens is 1. The number of ether oxygens (including phenoxy) is 1. The van der Waals surface area contributed by atoms with E-state index in [9.17, 15) is 4.79 Å². The third-order valence-electron chi connectivity index (χ3n) is 3.72. The zero-order valence-corrected chi connectivity index (χ0v) is 11.3. The van der Waals surface area contributed by atoms with Crippen molar-refractivity contribution in [2.45, 2.75) is 18.9 Å². The van der Waals surface area contributed by atoms with Gasteiger partial charge in [-0.05, 0) is 37.4 Å². The third kappa shape index (κ3) is 2.86. The summed E-state index contributed by atoms with van der Waals surface area (Å²) in [6.45, 7) is 2.10. The number of Topliss-reactive ketones (excluding diaryl/α,β-unsaturated/α-hetero) is 1. The van der Waals surface area contributed by atoms with Crippen molar-refractivity contribution >= 4 is 16.6 Å². The van der Waals surface area contributed by atoms with Crippen molar-refractivity contribution in [2.75, 3.05) is 19.7 Å². The number of rotatable bonds is 4. The quantitative estimate of drug-likeness (QED) is 0.865. The molecule has 0 spiro atoms. The number of fused-ring (bicyclic) bond motifs is 1. The van der Waals surface area contributed by atoms with Crippen molar-refractivity contribution in [3.05, 3.63) is 42.2 Å². The summed E-state index contributed by atoms with van der Waals surface area (Å²) in [5, 5.41) is 5.22. The lowest BCUT2D eigenvalue weighted by Gasteiger charge is -2.22. The van der Waals surface area contributed by atoms with Crippen molar-refractivity contribution in [2.24, 2.45) is 0 Å². The van der Waals surface area contributed by atoms with E-state index in [0.29, 0.717) is 0 Å². The number of nitrogens with one attached hydrogen (secondary N) is 1. The van der Waals surface area contributed by atoms with Crippen LogP contribution in [0.4, 0.5) is 0 Å². The highest BCUT2D eigenvalue weighted by molar-refractivity contribution is 6.08. The van der Waals surface area contributed by atoms with Gasteiger partial charge in [0.05, 0.1) is 6.10 Å². The predicted molar refractivity (Wildman–Crippen MR) is 77.9 cm³/mol. The Kier molecular flexibility index (Phi) is 4.04. The zero-order valence-electron chi connectivity index (χ0n) is 11.3. The maximum atomic E-state index is 12.3. The number of benzene rings is 1. The van der Waals surface area contributed by atoms with Gasteiger partial charge in [-0.1, -0.05) is 18.2 Å². The van der Waals surface area contributed by atoms with Gasteiger partial charge >= 0.3 is 0 Å². The molecule has 1 N–H and O–H groups in total. The average Bonchev–Trinajstić information content (AvgIpc) is 2.53. The van der Waals surface area contributed by atoms with Crippen LogP contribution in [0.2, 0.25) is 0 Å². The van der Waals surface area contributed by atoms with Gasteiger partial charge < -0.3 is 10.1 Å². The fraction of sp³-hybridized carbons (Fsp3) is 0.375. The lowest BCUT2D eigenvalue weighted by molar-refractivity contribution is 0.0318. The monoisotopic (exact) mass is 270 g/mol. The first kappa shape index (κ1) is 13.2. The van der Waals surface area contributed by atoms with Crippen molar-refractivity contribution in [3.8, 4) is 0 Å². The Hall–Kier alpha value is -1.78. The molecule has 2 heterocycles. The van der Waals surface area contributed by atoms with E-state index in [0.717, 1.165) is 42.3 Å². The van der Waals surface area contributed by atoms with Crippen molar-refractivity contribution in [3.63, 3.8) is 0 Å². The van der Waals surface area contributed by atoms with E-state index in [1.54, 1.807) is 12.4 Å². The van der Waals surface area contributed by atoms with E-state index in [1.807, 2.05) is 24.3 Å². The highest BCUT2D eigenvalue weighted by Crippen LogP contribution is 2.18. The number of carbonyl (C=O) groups is 1. The van der Waals surface area contributed by atoms with Gasteiger partial charge in [0.2, 0.25) is 0 Å². The van der Waals surface area contributed by atoms with E-state index in [-0.39, 0.29) is 18.5 Å². The van der Waals surface area contributed by atoms with Crippen molar-refractivity contribution in [1.82, 2.24) is 10.3 Å². The molecule has 0 saturated carbocycles. The summed E-state index contributed by atoms with van der Waals surface area (Å²) in [4.78, 5) is 16.4. The molecule has 1 aromatic carbocycles. The highest BCUT2D eigenvalue weighted by Gasteiger charge is 2.16. The van der Waals surface area contributed by atoms with Gasteiger partial charge in [0.1, 0.15) is 6.61 Å². The van der Waals surface area contributed by atoms with Crippen LogP contribution in [0.1, 0.15) is 23.2 Å². The second kappa shape index (κ2) is 6.11. The smallest absolute Gasteiger partial charge is 0.189 e. The molecule has 2 aromatic rings. The van der Waals surface area contributed by atoms with Gasteiger partial charge in [-0.2, -0.15) is 0 Å². The van der Waals surface area contributed by atoms with Crippen LogP contribution in [-0.4, -0.2) is 36.6 Å². The van der Waals surface area contributed by atoms with E-state index in [1.165, 1.54) is 0 Å². The standard InChI is InChI=1S/C16H18N2O2/c19-16(11-20-13-4-7-17-8-5-13)15-3-1-2-12-10-18-9-6-14(12)15/h1-3,6,9-10,13,17H,4-5,7-8,11H2. The van der Waals surface area contributed by atoms with Crippen LogP contribution in [0.3, 0.4) is 0 Å². The molecule has 0 unspecified atom stereocenters. The topological polar surface area (TPSA) is 51.2 Å². The molecule has 1 aliphatic rings. The number of hydrogen-bond acceptors (Lipinski definition) is 4. The molecule has 0 amide bonds. The number of nitrogens with zero attached hydrogens (tertiary/aromatic N) is 1. The summed E-state index contributed by atoms with van der Waals surface area (Å²) in [5.41, 5.74) is 0.721. The summed E-state index contributed by atoms with van der Waals surface area (Å²) in [6, 6.07) is 7.60. The lowest BCUT2D eigenvalue weighted by Crippen LogP contribution is -2.33. The van der Waals surface area contributed by atoms with Crippen LogP contribution in [0.15, 0.2) is 36.7 Å². The normalized spacial score (nSPS) is 16.4. The van der Waals surface area contributed by atoms with Crippen LogP contribution in [-0.2, 0) is 4.74 Å². The molecule has 1 aliphatic heterocycles. The molecule has 1 aromatic heterocycles. The van der Waals surface area contributed by atoms with E-state index >= 15 is 0 Å². The van der Waals surface area contributed by atoms with Crippen LogP contribution in [0, 0.1) is 0 Å². The second-order valence-corrected chi connectivity index (χ2v) is 5.09. The number of piperidine rings is 1. The van der Waals surface area contributed by atoms with Gasteiger partial charge in [-0.3, -0.25) is 9.78 Å². The molecule has 1 saturated heterocycles. The van der Waals surface area contributed by atoms with Crippen LogP contribution >= 0.6 is 0 Å². The van der Waals surface area contributed by atoms with Gasteiger partial charge in [-0.15, -0.1) is 0 Å². The fourth-order valence-electron chi connectivity index (χ4n) is 2.60. The Morgan fingerprint density at radius 2 is 2.15 bits per heavy atom.